The van der Waals surface area contributed by atoms with Gasteiger partial charge in [-0.3, -0.25) is 4.79 Å². The van der Waals surface area contributed by atoms with Gasteiger partial charge in [-0.25, -0.2) is 12.8 Å². The summed E-state index contributed by atoms with van der Waals surface area (Å²) in [6.45, 7) is 0. The number of carbonyl (C=O) groups is 1. The lowest BCUT2D eigenvalue weighted by Crippen LogP contribution is -2.37. The van der Waals surface area contributed by atoms with E-state index in [1.165, 1.54) is 49.6 Å². The molecule has 1 aliphatic carbocycles. The van der Waals surface area contributed by atoms with Crippen LogP contribution in [0.5, 0.6) is 0 Å². The first-order valence-electron chi connectivity index (χ1n) is 9.55. The third-order valence-electron chi connectivity index (χ3n) is 5.71. The van der Waals surface area contributed by atoms with Crippen molar-refractivity contribution in [2.75, 3.05) is 16.4 Å². The van der Waals surface area contributed by atoms with Crippen LogP contribution in [0.4, 0.5) is 10.1 Å². The van der Waals surface area contributed by atoms with E-state index in [2.05, 4.69) is 4.99 Å². The first-order valence-corrected chi connectivity index (χ1v) is 12.6. The molecule has 152 valence electrons. The number of halogens is 2. The smallest absolute Gasteiger partial charge is 0.248 e. The Bertz CT molecular complexity index is 916. The van der Waals surface area contributed by atoms with E-state index in [1.54, 1.807) is 11.0 Å². The van der Waals surface area contributed by atoms with Crippen molar-refractivity contribution in [3.63, 3.8) is 0 Å². The maximum absolute atomic E-state index is 13.6. The highest BCUT2D eigenvalue weighted by Gasteiger charge is 2.49. The summed E-state index contributed by atoms with van der Waals surface area (Å²) in [5, 5.41) is 0.262. The number of nitrogens with zero attached hydrogens (tertiary/aromatic N) is 2. The molecule has 2 heterocycles. The van der Waals surface area contributed by atoms with E-state index in [0.717, 1.165) is 6.42 Å². The molecule has 1 saturated carbocycles. The van der Waals surface area contributed by atoms with E-state index >= 15 is 0 Å². The molecule has 2 aliphatic heterocycles. The molecule has 2 atom stereocenters. The molecule has 0 aromatic heterocycles. The fraction of sp³-hybridized carbons (Fsp3) is 0.579. The molecular weight excluding hydrogens is 423 g/mol. The molecule has 1 aromatic rings. The Balaban J connectivity index is 1.57. The van der Waals surface area contributed by atoms with Crippen LogP contribution >= 0.6 is 23.4 Å². The lowest BCUT2D eigenvalue weighted by Gasteiger charge is -2.24. The van der Waals surface area contributed by atoms with Gasteiger partial charge in [-0.2, -0.15) is 4.99 Å². The number of amidine groups is 1. The number of benzene rings is 1. The van der Waals surface area contributed by atoms with Crippen molar-refractivity contribution in [1.29, 1.82) is 0 Å². The Morgan fingerprint density at radius 2 is 2.04 bits per heavy atom. The molecular formula is C19H22ClFN2O3S2. The molecule has 1 aromatic carbocycles. The molecule has 0 radical (unpaired) electrons. The van der Waals surface area contributed by atoms with Crippen LogP contribution in [0.15, 0.2) is 23.2 Å². The molecule has 3 fully saturated rings. The van der Waals surface area contributed by atoms with Gasteiger partial charge in [-0.1, -0.05) is 49.0 Å². The van der Waals surface area contributed by atoms with Crippen LogP contribution in [-0.2, 0) is 14.6 Å². The minimum atomic E-state index is -3.15. The van der Waals surface area contributed by atoms with Gasteiger partial charge in [-0.05, 0) is 30.5 Å². The monoisotopic (exact) mass is 444 g/mol. The average molecular weight is 445 g/mol. The van der Waals surface area contributed by atoms with Crippen LogP contribution in [0.25, 0.3) is 0 Å². The largest absolute Gasteiger partial charge is 0.316 e. The molecule has 0 unspecified atom stereocenters. The first kappa shape index (κ1) is 20.2. The van der Waals surface area contributed by atoms with Crippen molar-refractivity contribution >= 4 is 50.0 Å². The lowest BCUT2D eigenvalue weighted by atomic mass is 10.0. The second kappa shape index (κ2) is 7.95. The van der Waals surface area contributed by atoms with Crippen molar-refractivity contribution in [3.8, 4) is 0 Å². The van der Waals surface area contributed by atoms with Crippen molar-refractivity contribution in [1.82, 2.24) is 0 Å². The zero-order valence-corrected chi connectivity index (χ0v) is 17.7. The molecule has 1 amide bonds. The highest BCUT2D eigenvalue weighted by atomic mass is 35.5. The third-order valence-corrected chi connectivity index (χ3v) is 9.21. The Morgan fingerprint density at radius 3 is 2.75 bits per heavy atom. The molecule has 4 rings (SSSR count). The zero-order chi connectivity index (χ0) is 19.9. The molecule has 0 spiro atoms. The molecule has 9 heteroatoms. The standard InChI is InChI=1S/C19H22ClFN2O3S2/c20-14-9-13(6-7-15(14)21)23-16-10-28(25,26)11-17(16)27-19(23)22-18(24)8-5-12-3-1-2-4-12/h6-7,9,12,16-17H,1-5,8,10-11H2/t16-,17-/m0/s1. The quantitative estimate of drug-likeness (QED) is 0.700. The number of fused-ring (bicyclic) bond motifs is 1. The van der Waals surface area contributed by atoms with Gasteiger partial charge in [0.2, 0.25) is 5.91 Å². The van der Waals surface area contributed by atoms with Crippen LogP contribution in [0.3, 0.4) is 0 Å². The number of hydrogen-bond acceptors (Lipinski definition) is 4. The van der Waals surface area contributed by atoms with E-state index in [1.807, 2.05) is 0 Å². The van der Waals surface area contributed by atoms with Gasteiger partial charge in [0, 0.05) is 17.4 Å². The second-order valence-electron chi connectivity index (χ2n) is 7.75. The minimum absolute atomic E-state index is 0.00501. The summed E-state index contributed by atoms with van der Waals surface area (Å²) in [5.41, 5.74) is 0.561. The van der Waals surface area contributed by atoms with Crippen molar-refractivity contribution in [2.24, 2.45) is 10.9 Å². The maximum Gasteiger partial charge on any atom is 0.248 e. The van der Waals surface area contributed by atoms with Gasteiger partial charge >= 0.3 is 0 Å². The number of anilines is 1. The Morgan fingerprint density at radius 1 is 1.29 bits per heavy atom. The van der Waals surface area contributed by atoms with E-state index in [0.29, 0.717) is 23.2 Å². The fourth-order valence-corrected chi connectivity index (χ4v) is 8.40. The number of thioether (sulfide) groups is 1. The number of carbonyl (C=O) groups excluding carboxylic acids is 1. The summed E-state index contributed by atoms with van der Waals surface area (Å²) in [6.07, 6.45) is 6.09. The third kappa shape index (κ3) is 4.24. The first-order chi connectivity index (χ1) is 13.3. The zero-order valence-electron chi connectivity index (χ0n) is 15.3. The number of aliphatic imine (C=N–C) groups is 1. The number of hydrogen-bond donors (Lipinski definition) is 0. The lowest BCUT2D eigenvalue weighted by molar-refractivity contribution is -0.118. The van der Waals surface area contributed by atoms with Gasteiger partial charge in [0.05, 0.1) is 22.6 Å². The van der Waals surface area contributed by atoms with E-state index in [4.69, 9.17) is 11.6 Å². The number of amides is 1. The molecule has 28 heavy (non-hydrogen) atoms. The summed E-state index contributed by atoms with van der Waals surface area (Å²) in [4.78, 5) is 18.5. The highest BCUT2D eigenvalue weighted by molar-refractivity contribution is 8.16. The van der Waals surface area contributed by atoms with E-state index in [-0.39, 0.29) is 33.7 Å². The Hall–Kier alpha value is -1.12. The normalized spacial score (nSPS) is 28.2. The van der Waals surface area contributed by atoms with Crippen LogP contribution in [0.1, 0.15) is 38.5 Å². The van der Waals surface area contributed by atoms with Gasteiger partial charge in [0.15, 0.2) is 15.0 Å². The van der Waals surface area contributed by atoms with Crippen LogP contribution in [-0.4, -0.2) is 42.3 Å². The van der Waals surface area contributed by atoms with E-state index in [9.17, 15) is 17.6 Å². The average Bonchev–Trinajstić information content (AvgIpc) is 3.30. The SMILES string of the molecule is O=C(CCC1CCCC1)N=C1S[C@H]2CS(=O)(=O)C[C@@H]2N1c1ccc(F)c(Cl)c1. The summed E-state index contributed by atoms with van der Waals surface area (Å²) >= 11 is 7.26. The second-order valence-corrected chi connectivity index (χ2v) is 11.5. The van der Waals surface area contributed by atoms with Gasteiger partial charge < -0.3 is 4.90 Å². The number of sulfone groups is 1. The van der Waals surface area contributed by atoms with Crippen molar-refractivity contribution in [3.05, 3.63) is 29.0 Å². The van der Waals surface area contributed by atoms with Crippen LogP contribution in [0.2, 0.25) is 5.02 Å². The molecule has 0 N–H and O–H groups in total. The van der Waals surface area contributed by atoms with Crippen LogP contribution < -0.4 is 4.90 Å². The predicted molar refractivity (Wildman–Crippen MR) is 111 cm³/mol. The number of rotatable bonds is 4. The summed E-state index contributed by atoms with van der Waals surface area (Å²) in [6, 6.07) is 3.94. The van der Waals surface area contributed by atoms with Gasteiger partial charge in [0.1, 0.15) is 5.82 Å². The Kier molecular flexibility index (Phi) is 5.73. The maximum atomic E-state index is 13.6. The molecule has 0 bridgehead atoms. The van der Waals surface area contributed by atoms with Crippen LogP contribution in [0, 0.1) is 11.7 Å². The molecule has 3 aliphatic rings. The summed E-state index contributed by atoms with van der Waals surface area (Å²) in [5.74, 6) is -0.0656. The van der Waals surface area contributed by atoms with Gasteiger partial charge in [0.25, 0.3) is 0 Å². The topological polar surface area (TPSA) is 66.8 Å². The molecule has 5 nitrogen and oxygen atoms in total. The molecule has 2 saturated heterocycles. The van der Waals surface area contributed by atoms with Gasteiger partial charge in [-0.15, -0.1) is 0 Å². The summed E-state index contributed by atoms with van der Waals surface area (Å²) < 4.78 is 37.8. The highest BCUT2D eigenvalue weighted by Crippen LogP contribution is 2.41. The minimum Gasteiger partial charge on any atom is -0.316 e. The Labute approximate surface area is 173 Å². The van der Waals surface area contributed by atoms with Crippen molar-refractivity contribution < 1.29 is 17.6 Å². The van der Waals surface area contributed by atoms with E-state index < -0.39 is 15.7 Å². The fourth-order valence-electron chi connectivity index (χ4n) is 4.29. The predicted octanol–water partition coefficient (Wildman–Crippen LogP) is 4.05. The summed E-state index contributed by atoms with van der Waals surface area (Å²) in [7, 11) is -3.15. The van der Waals surface area contributed by atoms with Crippen molar-refractivity contribution in [2.45, 2.75) is 49.8 Å².